The zero-order chi connectivity index (χ0) is 8.39. The number of nitrogens with one attached hydrogen (secondary N) is 1. The molecule has 2 rings (SSSR count). The van der Waals surface area contributed by atoms with Crippen molar-refractivity contribution in [2.45, 2.75) is 19.8 Å². The van der Waals surface area contributed by atoms with Crippen LogP contribution in [-0.2, 0) is 12.8 Å². The maximum atomic E-state index is 5.39. The number of hydrogen-bond donors (Lipinski definition) is 1. The number of rotatable bonds is 3. The predicted octanol–water partition coefficient (Wildman–Crippen LogP) is 0.394. The molecule has 0 amide bonds. The second-order valence-corrected chi connectivity index (χ2v) is 3.17. The Hall–Kier alpha value is -0.900. The summed E-state index contributed by atoms with van der Waals surface area (Å²) in [7, 11) is 0. The summed E-state index contributed by atoms with van der Waals surface area (Å²) < 4.78 is 5.39. The summed E-state index contributed by atoms with van der Waals surface area (Å²) in [6, 6.07) is 0. The average molecular weight is 167 g/mol. The molecule has 66 valence electrons. The van der Waals surface area contributed by atoms with E-state index in [4.69, 9.17) is 4.42 Å². The van der Waals surface area contributed by atoms with Gasteiger partial charge in [-0.15, -0.1) is 10.2 Å². The fourth-order valence-corrected chi connectivity index (χ4v) is 1.25. The lowest BCUT2D eigenvalue weighted by molar-refractivity contribution is 0.314. The van der Waals surface area contributed by atoms with Crippen LogP contribution in [0.3, 0.4) is 0 Å². The minimum Gasteiger partial charge on any atom is -0.425 e. The molecule has 4 nitrogen and oxygen atoms in total. The van der Waals surface area contributed by atoms with Gasteiger partial charge in [-0.3, -0.25) is 0 Å². The lowest BCUT2D eigenvalue weighted by Crippen LogP contribution is -2.43. The van der Waals surface area contributed by atoms with Gasteiger partial charge in [-0.1, -0.05) is 6.92 Å². The fourth-order valence-electron chi connectivity index (χ4n) is 1.25. The van der Waals surface area contributed by atoms with Crippen LogP contribution < -0.4 is 5.32 Å². The van der Waals surface area contributed by atoms with Gasteiger partial charge in [0.25, 0.3) is 0 Å². The molecule has 1 N–H and O–H groups in total. The van der Waals surface area contributed by atoms with Gasteiger partial charge < -0.3 is 9.73 Å². The summed E-state index contributed by atoms with van der Waals surface area (Å²) in [4.78, 5) is 0. The number of hydrogen-bond acceptors (Lipinski definition) is 4. The molecule has 1 saturated heterocycles. The highest BCUT2D eigenvalue weighted by Gasteiger charge is 2.19. The van der Waals surface area contributed by atoms with E-state index in [0.717, 1.165) is 37.7 Å². The smallest absolute Gasteiger partial charge is 0.216 e. The Labute approximate surface area is 71.4 Å². The number of nitrogens with zero attached hydrogens (tertiary/aromatic N) is 2. The van der Waals surface area contributed by atoms with E-state index in [1.165, 1.54) is 0 Å². The van der Waals surface area contributed by atoms with Crippen LogP contribution in [0, 0.1) is 5.92 Å². The van der Waals surface area contributed by atoms with Gasteiger partial charge >= 0.3 is 0 Å². The third kappa shape index (κ3) is 1.48. The van der Waals surface area contributed by atoms with E-state index in [1.54, 1.807) is 0 Å². The lowest BCUT2D eigenvalue weighted by atomic mass is 10.00. The molecule has 1 fully saturated rings. The zero-order valence-electron chi connectivity index (χ0n) is 7.21. The van der Waals surface area contributed by atoms with Gasteiger partial charge in [-0.2, -0.15) is 0 Å². The molecule has 1 aliphatic rings. The lowest BCUT2D eigenvalue weighted by Gasteiger charge is -2.25. The van der Waals surface area contributed by atoms with Crippen LogP contribution in [0.5, 0.6) is 0 Å². The maximum Gasteiger partial charge on any atom is 0.216 e. The van der Waals surface area contributed by atoms with E-state index < -0.39 is 0 Å². The second-order valence-electron chi connectivity index (χ2n) is 3.17. The van der Waals surface area contributed by atoms with Gasteiger partial charge in [0.05, 0.1) is 0 Å². The van der Waals surface area contributed by atoms with Gasteiger partial charge in [-0.25, -0.2) is 0 Å². The highest BCUT2D eigenvalue weighted by Crippen LogP contribution is 2.11. The van der Waals surface area contributed by atoms with Gasteiger partial charge in [0.1, 0.15) is 0 Å². The molecule has 4 heteroatoms. The van der Waals surface area contributed by atoms with Crippen LogP contribution in [0.1, 0.15) is 18.7 Å². The summed E-state index contributed by atoms with van der Waals surface area (Å²) in [5, 5.41) is 11.1. The third-order valence-corrected chi connectivity index (χ3v) is 2.14. The van der Waals surface area contributed by atoms with Crippen LogP contribution in [0.25, 0.3) is 0 Å². The van der Waals surface area contributed by atoms with Crippen LogP contribution in [0.15, 0.2) is 4.42 Å². The average Bonchev–Trinajstić information content (AvgIpc) is 2.44. The molecule has 0 aromatic carbocycles. The highest BCUT2D eigenvalue weighted by atomic mass is 16.4. The number of aryl methyl sites for hydroxylation is 1. The maximum absolute atomic E-state index is 5.39. The zero-order valence-corrected chi connectivity index (χ0v) is 7.21. The molecular weight excluding hydrogens is 154 g/mol. The van der Waals surface area contributed by atoms with Crippen molar-refractivity contribution < 1.29 is 4.42 Å². The van der Waals surface area contributed by atoms with Crippen molar-refractivity contribution in [1.82, 2.24) is 15.5 Å². The van der Waals surface area contributed by atoms with Crippen molar-refractivity contribution in [1.29, 1.82) is 0 Å². The molecule has 0 spiro atoms. The van der Waals surface area contributed by atoms with Crippen LogP contribution >= 0.6 is 0 Å². The van der Waals surface area contributed by atoms with Gasteiger partial charge in [0.2, 0.25) is 11.8 Å². The molecule has 0 unspecified atom stereocenters. The Morgan fingerprint density at radius 2 is 2.17 bits per heavy atom. The quantitative estimate of drug-likeness (QED) is 0.707. The number of aromatic nitrogens is 2. The largest absolute Gasteiger partial charge is 0.425 e. The van der Waals surface area contributed by atoms with Crippen molar-refractivity contribution in [3.8, 4) is 0 Å². The normalized spacial score (nSPS) is 17.8. The molecule has 0 radical (unpaired) electrons. The highest BCUT2D eigenvalue weighted by molar-refractivity contribution is 4.88. The van der Waals surface area contributed by atoms with E-state index in [0.29, 0.717) is 5.92 Å². The Kier molecular flexibility index (Phi) is 2.08. The minimum absolute atomic E-state index is 0.704. The first kappa shape index (κ1) is 7.73. The molecule has 12 heavy (non-hydrogen) atoms. The van der Waals surface area contributed by atoms with Crippen LogP contribution in [0.4, 0.5) is 0 Å². The first-order chi connectivity index (χ1) is 5.88. The molecular formula is C8H13N3O. The molecule has 1 aromatic rings. The van der Waals surface area contributed by atoms with Crippen molar-refractivity contribution in [3.05, 3.63) is 11.8 Å². The van der Waals surface area contributed by atoms with E-state index in [2.05, 4.69) is 15.5 Å². The molecule has 0 saturated carbocycles. The van der Waals surface area contributed by atoms with Gasteiger partial charge in [0, 0.05) is 12.8 Å². The summed E-state index contributed by atoms with van der Waals surface area (Å²) >= 11 is 0. The topological polar surface area (TPSA) is 51.0 Å². The Balaban J connectivity index is 1.93. The van der Waals surface area contributed by atoms with Crippen LogP contribution in [-0.4, -0.2) is 23.3 Å². The third-order valence-electron chi connectivity index (χ3n) is 2.14. The van der Waals surface area contributed by atoms with Gasteiger partial charge in [-0.05, 0) is 19.0 Å². The van der Waals surface area contributed by atoms with Crippen molar-refractivity contribution in [2.75, 3.05) is 13.1 Å². The van der Waals surface area contributed by atoms with Crippen molar-refractivity contribution in [3.63, 3.8) is 0 Å². The fraction of sp³-hybridized carbons (Fsp3) is 0.750. The van der Waals surface area contributed by atoms with Crippen molar-refractivity contribution in [2.24, 2.45) is 5.92 Å². The monoisotopic (exact) mass is 167 g/mol. The standard InChI is InChI=1S/C8H13N3O/c1-2-7-10-11-8(12-7)3-6-4-9-5-6/h6,9H,2-5H2,1H3. The van der Waals surface area contributed by atoms with Crippen LogP contribution in [0.2, 0.25) is 0 Å². The first-order valence-electron chi connectivity index (χ1n) is 4.40. The summed E-state index contributed by atoms with van der Waals surface area (Å²) in [5.41, 5.74) is 0. The van der Waals surface area contributed by atoms with Crippen molar-refractivity contribution >= 4 is 0 Å². The van der Waals surface area contributed by atoms with E-state index in [9.17, 15) is 0 Å². The minimum atomic E-state index is 0.704. The van der Waals surface area contributed by atoms with E-state index in [1.807, 2.05) is 6.92 Å². The van der Waals surface area contributed by atoms with E-state index in [-0.39, 0.29) is 0 Å². The van der Waals surface area contributed by atoms with E-state index >= 15 is 0 Å². The summed E-state index contributed by atoms with van der Waals surface area (Å²) in [6.45, 7) is 4.19. The Bertz CT molecular complexity index is 255. The molecule has 2 heterocycles. The molecule has 0 atom stereocenters. The molecule has 0 aliphatic carbocycles. The summed E-state index contributed by atoms with van der Waals surface area (Å²) in [5.74, 6) is 2.24. The molecule has 1 aliphatic heterocycles. The molecule has 0 bridgehead atoms. The summed E-state index contributed by atoms with van der Waals surface area (Å²) in [6.07, 6.45) is 1.76. The van der Waals surface area contributed by atoms with Gasteiger partial charge in [0.15, 0.2) is 0 Å². The molecule has 1 aromatic heterocycles. The second kappa shape index (κ2) is 3.23. The Morgan fingerprint density at radius 3 is 2.67 bits per heavy atom. The SMILES string of the molecule is CCc1nnc(CC2CNC2)o1. The first-order valence-corrected chi connectivity index (χ1v) is 4.40. The Morgan fingerprint density at radius 1 is 1.42 bits per heavy atom. The predicted molar refractivity (Wildman–Crippen MR) is 43.7 cm³/mol.